The molecule has 1 fully saturated rings. The lowest BCUT2D eigenvalue weighted by Gasteiger charge is -2.16. The van der Waals surface area contributed by atoms with Crippen LogP contribution in [0.4, 0.5) is 0 Å². The lowest BCUT2D eigenvalue weighted by Crippen LogP contribution is -2.29. The molecule has 2 nitrogen and oxygen atoms in total. The number of carbonyl (C=O) groups excluding carboxylic acids is 1. The Morgan fingerprint density at radius 3 is 2.55 bits per heavy atom. The second kappa shape index (κ2) is 6.89. The van der Waals surface area contributed by atoms with E-state index in [9.17, 15) is 4.79 Å². The van der Waals surface area contributed by atoms with Gasteiger partial charge in [-0.15, -0.1) is 24.8 Å². The van der Waals surface area contributed by atoms with E-state index < -0.39 is 0 Å². The molecule has 0 N–H and O–H groups in total. The standard InChI is InChI=1S/C7H13NO.2ClH/c1-2-8-5-3-4-7(8)6-9;;/h6-7H,2-5H2,1H3;2*1H/t7-;;/m0../s1. The predicted molar refractivity (Wildman–Crippen MR) is 50.8 cm³/mol. The van der Waals surface area contributed by atoms with Gasteiger partial charge in [-0.2, -0.15) is 0 Å². The lowest BCUT2D eigenvalue weighted by molar-refractivity contribution is -0.111. The maximum atomic E-state index is 10.3. The fraction of sp³-hybridized carbons (Fsp3) is 0.857. The van der Waals surface area contributed by atoms with E-state index in [0.29, 0.717) is 0 Å². The summed E-state index contributed by atoms with van der Waals surface area (Å²) in [6, 6.07) is 0.231. The number of halogens is 2. The molecule has 1 saturated heterocycles. The number of carbonyl (C=O) groups is 1. The van der Waals surface area contributed by atoms with Crippen molar-refractivity contribution in [2.45, 2.75) is 25.8 Å². The third kappa shape index (κ3) is 3.41. The van der Waals surface area contributed by atoms with Crippen LogP contribution < -0.4 is 0 Å². The van der Waals surface area contributed by atoms with Crippen LogP contribution in [0.3, 0.4) is 0 Å². The Morgan fingerprint density at radius 1 is 1.55 bits per heavy atom. The summed E-state index contributed by atoms with van der Waals surface area (Å²) in [7, 11) is 0. The van der Waals surface area contributed by atoms with Crippen LogP contribution in [0.2, 0.25) is 0 Å². The van der Waals surface area contributed by atoms with E-state index in [1.54, 1.807) is 0 Å². The molecule has 0 radical (unpaired) electrons. The van der Waals surface area contributed by atoms with Gasteiger partial charge in [0.25, 0.3) is 0 Å². The molecule has 0 unspecified atom stereocenters. The van der Waals surface area contributed by atoms with Crippen molar-refractivity contribution in [1.29, 1.82) is 0 Å². The van der Waals surface area contributed by atoms with Crippen LogP contribution in [0, 0.1) is 0 Å². The number of aldehydes is 1. The summed E-state index contributed by atoms with van der Waals surface area (Å²) in [5.74, 6) is 0. The van der Waals surface area contributed by atoms with Gasteiger partial charge in [-0.05, 0) is 25.9 Å². The Balaban J connectivity index is 0. The highest BCUT2D eigenvalue weighted by molar-refractivity contribution is 5.85. The van der Waals surface area contributed by atoms with Gasteiger partial charge in [0.05, 0.1) is 6.04 Å². The van der Waals surface area contributed by atoms with Crippen molar-refractivity contribution >= 4 is 31.1 Å². The summed E-state index contributed by atoms with van der Waals surface area (Å²) in [6.07, 6.45) is 3.32. The second-order valence-corrected chi connectivity index (χ2v) is 2.47. The Morgan fingerprint density at radius 2 is 2.18 bits per heavy atom. The van der Waals surface area contributed by atoms with E-state index in [-0.39, 0.29) is 30.9 Å². The number of rotatable bonds is 2. The maximum Gasteiger partial charge on any atom is 0.137 e. The molecule has 0 bridgehead atoms. The highest BCUT2D eigenvalue weighted by Crippen LogP contribution is 2.13. The molecule has 0 spiro atoms. The maximum absolute atomic E-state index is 10.3. The van der Waals surface area contributed by atoms with Gasteiger partial charge in [0.1, 0.15) is 6.29 Å². The van der Waals surface area contributed by atoms with Gasteiger partial charge < -0.3 is 4.79 Å². The fourth-order valence-electron chi connectivity index (χ4n) is 1.40. The van der Waals surface area contributed by atoms with Crippen molar-refractivity contribution in [3.63, 3.8) is 0 Å². The van der Waals surface area contributed by atoms with E-state index in [0.717, 1.165) is 25.8 Å². The topological polar surface area (TPSA) is 20.3 Å². The average Bonchev–Trinajstić information content (AvgIpc) is 2.33. The van der Waals surface area contributed by atoms with Crippen molar-refractivity contribution in [1.82, 2.24) is 4.90 Å². The minimum atomic E-state index is 0. The minimum Gasteiger partial charge on any atom is -0.302 e. The van der Waals surface area contributed by atoms with Crippen LogP contribution in [-0.2, 0) is 4.79 Å². The highest BCUT2D eigenvalue weighted by atomic mass is 35.5. The molecule has 0 aliphatic carbocycles. The van der Waals surface area contributed by atoms with Crippen LogP contribution >= 0.6 is 24.8 Å². The van der Waals surface area contributed by atoms with E-state index in [1.165, 1.54) is 6.42 Å². The fourth-order valence-corrected chi connectivity index (χ4v) is 1.40. The first-order valence-electron chi connectivity index (χ1n) is 3.58. The molecule has 1 heterocycles. The van der Waals surface area contributed by atoms with Crippen LogP contribution in [0.5, 0.6) is 0 Å². The van der Waals surface area contributed by atoms with Crippen molar-refractivity contribution in [2.24, 2.45) is 0 Å². The molecule has 68 valence electrons. The molecule has 0 aromatic carbocycles. The highest BCUT2D eigenvalue weighted by Gasteiger charge is 2.21. The monoisotopic (exact) mass is 199 g/mol. The van der Waals surface area contributed by atoms with Gasteiger partial charge in [-0.3, -0.25) is 4.90 Å². The first kappa shape index (κ1) is 13.8. The molecule has 0 amide bonds. The van der Waals surface area contributed by atoms with Crippen molar-refractivity contribution in [3.8, 4) is 0 Å². The van der Waals surface area contributed by atoms with Gasteiger partial charge in [-0.1, -0.05) is 6.92 Å². The number of hydrogen-bond donors (Lipinski definition) is 0. The van der Waals surface area contributed by atoms with Crippen LogP contribution in [0.1, 0.15) is 19.8 Å². The largest absolute Gasteiger partial charge is 0.302 e. The number of hydrogen-bond acceptors (Lipinski definition) is 2. The molecule has 0 aromatic heterocycles. The Labute approximate surface area is 80.2 Å². The summed E-state index contributed by atoms with van der Waals surface area (Å²) < 4.78 is 0. The summed E-state index contributed by atoms with van der Waals surface area (Å²) in [6.45, 7) is 4.23. The van der Waals surface area contributed by atoms with Crippen LogP contribution in [-0.4, -0.2) is 30.3 Å². The molecule has 4 heteroatoms. The van der Waals surface area contributed by atoms with Crippen LogP contribution in [0.15, 0.2) is 0 Å². The SMILES string of the molecule is CCN1CCC[C@H]1C=O.Cl.Cl. The number of likely N-dealkylation sites (tertiary alicyclic amines) is 1. The van der Waals surface area contributed by atoms with Gasteiger partial charge in [0.15, 0.2) is 0 Å². The quantitative estimate of drug-likeness (QED) is 0.630. The smallest absolute Gasteiger partial charge is 0.137 e. The average molecular weight is 200 g/mol. The number of nitrogens with zero attached hydrogens (tertiary/aromatic N) is 1. The third-order valence-corrected chi connectivity index (χ3v) is 1.98. The molecular formula is C7H15Cl2NO. The summed E-state index contributed by atoms with van der Waals surface area (Å²) >= 11 is 0. The molecule has 1 rings (SSSR count). The zero-order valence-electron chi connectivity index (χ0n) is 6.66. The van der Waals surface area contributed by atoms with Crippen molar-refractivity contribution in [2.75, 3.05) is 13.1 Å². The first-order chi connectivity index (χ1) is 4.38. The van der Waals surface area contributed by atoms with E-state index >= 15 is 0 Å². The molecule has 1 aliphatic heterocycles. The Kier molecular flexibility index (Phi) is 8.63. The van der Waals surface area contributed by atoms with E-state index in [2.05, 4.69) is 11.8 Å². The summed E-state index contributed by atoms with van der Waals surface area (Å²) in [5.41, 5.74) is 0. The zero-order valence-corrected chi connectivity index (χ0v) is 8.29. The predicted octanol–water partition coefficient (Wildman–Crippen LogP) is 1.51. The summed E-state index contributed by atoms with van der Waals surface area (Å²) in [5, 5.41) is 0. The number of likely N-dealkylation sites (N-methyl/N-ethyl adjacent to an activating group) is 1. The van der Waals surface area contributed by atoms with E-state index in [4.69, 9.17) is 0 Å². The van der Waals surface area contributed by atoms with Gasteiger partial charge in [-0.25, -0.2) is 0 Å². The Bertz CT molecular complexity index is 111. The van der Waals surface area contributed by atoms with Crippen molar-refractivity contribution in [3.05, 3.63) is 0 Å². The first-order valence-corrected chi connectivity index (χ1v) is 3.58. The molecular weight excluding hydrogens is 185 g/mol. The second-order valence-electron chi connectivity index (χ2n) is 2.47. The van der Waals surface area contributed by atoms with Crippen LogP contribution in [0.25, 0.3) is 0 Å². The molecule has 0 saturated carbocycles. The van der Waals surface area contributed by atoms with Crippen molar-refractivity contribution < 1.29 is 4.79 Å². The molecule has 1 atom stereocenters. The Hall–Kier alpha value is 0.210. The zero-order chi connectivity index (χ0) is 6.69. The van der Waals surface area contributed by atoms with Gasteiger partial charge >= 0.3 is 0 Å². The van der Waals surface area contributed by atoms with Gasteiger partial charge in [0.2, 0.25) is 0 Å². The van der Waals surface area contributed by atoms with E-state index in [1.807, 2.05) is 0 Å². The lowest BCUT2D eigenvalue weighted by atomic mass is 10.2. The normalized spacial score (nSPS) is 23.5. The third-order valence-electron chi connectivity index (χ3n) is 1.98. The van der Waals surface area contributed by atoms with Gasteiger partial charge in [0, 0.05) is 0 Å². The molecule has 11 heavy (non-hydrogen) atoms. The molecule has 1 aliphatic rings. The summed E-state index contributed by atoms with van der Waals surface area (Å²) in [4.78, 5) is 12.6. The minimum absolute atomic E-state index is 0. The molecule has 0 aromatic rings.